The standard InChI is InChI=1S/C21H25N3O6.C2H6/c1-22-17-8-4-9-18(20(17)24(27)28)30-15-6-3-7-16-14(12-15)13-23(21(16)26)11-5-10-19(25)29-2;1-2/h4,6,8-9,12,16,22H,3,5,7,10-11,13H2,1-2H3;1-2H3. The molecule has 1 saturated heterocycles. The number of rotatable bonds is 8. The number of ether oxygens (including phenoxy) is 2. The number of fused-ring (bicyclic) bond motifs is 1. The Bertz CT molecular complexity index is 909. The Labute approximate surface area is 188 Å². The first-order chi connectivity index (χ1) is 15.4. The smallest absolute Gasteiger partial charge is 0.334 e. The normalized spacial score (nSPS) is 17.2. The summed E-state index contributed by atoms with van der Waals surface area (Å²) in [5.41, 5.74) is 1.16. The Morgan fingerprint density at radius 3 is 2.75 bits per heavy atom. The van der Waals surface area contributed by atoms with Gasteiger partial charge in [-0.25, -0.2) is 0 Å². The fourth-order valence-electron chi connectivity index (χ4n) is 3.77. The first-order valence-electron chi connectivity index (χ1n) is 10.8. The van der Waals surface area contributed by atoms with Gasteiger partial charge in [0.05, 0.1) is 18.0 Å². The molecule has 1 amide bonds. The number of nitro groups is 1. The van der Waals surface area contributed by atoms with Crippen molar-refractivity contribution in [1.29, 1.82) is 0 Å². The number of hydrogen-bond acceptors (Lipinski definition) is 7. The average molecular weight is 446 g/mol. The monoisotopic (exact) mass is 445 g/mol. The van der Waals surface area contributed by atoms with E-state index in [0.29, 0.717) is 43.8 Å². The minimum Gasteiger partial charge on any atom is -0.469 e. The first kappa shape index (κ1) is 24.9. The number of allylic oxidation sites excluding steroid dienone is 2. The lowest BCUT2D eigenvalue weighted by Gasteiger charge is -2.15. The SMILES string of the molecule is CC.CNc1cccc(OC2=CCCC3C(=O)N(CCCC(=O)OC)CC3=C2)c1[N+](=O)[O-]. The highest BCUT2D eigenvalue weighted by Crippen LogP contribution is 2.37. The zero-order chi connectivity index (χ0) is 23.7. The molecule has 174 valence electrons. The van der Waals surface area contributed by atoms with E-state index in [1.165, 1.54) is 7.11 Å². The Hall–Kier alpha value is -3.36. The van der Waals surface area contributed by atoms with Crippen molar-refractivity contribution in [3.63, 3.8) is 0 Å². The number of nitrogens with zero attached hydrogens (tertiary/aromatic N) is 2. The highest BCUT2D eigenvalue weighted by Gasteiger charge is 2.36. The van der Waals surface area contributed by atoms with Crippen molar-refractivity contribution < 1.29 is 24.0 Å². The molecule has 1 aliphatic carbocycles. The van der Waals surface area contributed by atoms with E-state index in [0.717, 1.165) is 5.57 Å². The highest BCUT2D eigenvalue weighted by molar-refractivity contribution is 5.85. The summed E-state index contributed by atoms with van der Waals surface area (Å²) in [4.78, 5) is 36.8. The van der Waals surface area contributed by atoms with Crippen LogP contribution in [0, 0.1) is 16.0 Å². The summed E-state index contributed by atoms with van der Waals surface area (Å²) in [6, 6.07) is 4.85. The third-order valence-corrected chi connectivity index (χ3v) is 5.27. The number of anilines is 1. The molecule has 0 spiro atoms. The van der Waals surface area contributed by atoms with Gasteiger partial charge in [-0.3, -0.25) is 19.7 Å². The van der Waals surface area contributed by atoms with E-state index in [1.807, 2.05) is 26.0 Å². The van der Waals surface area contributed by atoms with E-state index in [9.17, 15) is 19.7 Å². The molecular formula is C23H31N3O6. The van der Waals surface area contributed by atoms with E-state index in [2.05, 4.69) is 10.1 Å². The fraction of sp³-hybridized carbons (Fsp3) is 0.478. The number of esters is 1. The van der Waals surface area contributed by atoms with Gasteiger partial charge < -0.3 is 19.7 Å². The summed E-state index contributed by atoms with van der Waals surface area (Å²) in [6.45, 7) is 4.95. The lowest BCUT2D eigenvalue weighted by atomic mass is 9.98. The second-order valence-electron chi connectivity index (χ2n) is 7.16. The van der Waals surface area contributed by atoms with Crippen LogP contribution < -0.4 is 10.1 Å². The second kappa shape index (κ2) is 11.9. The van der Waals surface area contributed by atoms with Gasteiger partial charge in [0.25, 0.3) is 0 Å². The number of nitro benzene ring substituents is 1. The van der Waals surface area contributed by atoms with Crippen LogP contribution in [0.4, 0.5) is 11.4 Å². The molecule has 1 N–H and O–H groups in total. The van der Waals surface area contributed by atoms with Crippen molar-refractivity contribution in [2.45, 2.75) is 39.5 Å². The number of methoxy groups -OCH3 is 1. The summed E-state index contributed by atoms with van der Waals surface area (Å²) < 4.78 is 10.5. The molecule has 1 fully saturated rings. The molecule has 9 nitrogen and oxygen atoms in total. The van der Waals surface area contributed by atoms with Crippen LogP contribution in [-0.4, -0.2) is 48.9 Å². The van der Waals surface area contributed by atoms with Crippen LogP contribution in [0.25, 0.3) is 0 Å². The molecule has 1 atom stereocenters. The molecule has 1 unspecified atom stereocenters. The molecule has 0 aromatic heterocycles. The lowest BCUT2D eigenvalue weighted by molar-refractivity contribution is -0.384. The van der Waals surface area contributed by atoms with E-state index in [1.54, 1.807) is 30.1 Å². The molecule has 1 aliphatic heterocycles. The summed E-state index contributed by atoms with van der Waals surface area (Å²) in [5, 5.41) is 14.3. The maximum atomic E-state index is 12.7. The third kappa shape index (κ3) is 5.87. The van der Waals surface area contributed by atoms with E-state index in [-0.39, 0.29) is 35.7 Å². The summed E-state index contributed by atoms with van der Waals surface area (Å²) in [7, 11) is 2.96. The van der Waals surface area contributed by atoms with Crippen molar-refractivity contribution >= 4 is 23.3 Å². The van der Waals surface area contributed by atoms with Crippen LogP contribution in [0.1, 0.15) is 39.5 Å². The van der Waals surface area contributed by atoms with Crippen LogP contribution in [-0.2, 0) is 14.3 Å². The zero-order valence-electron chi connectivity index (χ0n) is 19.1. The molecule has 9 heteroatoms. The number of benzene rings is 1. The maximum Gasteiger partial charge on any atom is 0.334 e. The van der Waals surface area contributed by atoms with Crippen LogP contribution in [0.15, 0.2) is 41.7 Å². The predicted octanol–water partition coefficient (Wildman–Crippen LogP) is 4.06. The maximum absolute atomic E-state index is 12.7. The molecule has 32 heavy (non-hydrogen) atoms. The van der Waals surface area contributed by atoms with Crippen molar-refractivity contribution in [2.75, 3.05) is 32.6 Å². The number of hydrogen-bond donors (Lipinski definition) is 1. The van der Waals surface area contributed by atoms with Gasteiger partial charge >= 0.3 is 11.7 Å². The van der Waals surface area contributed by atoms with Gasteiger partial charge in [0.2, 0.25) is 11.7 Å². The van der Waals surface area contributed by atoms with E-state index >= 15 is 0 Å². The Morgan fingerprint density at radius 2 is 2.09 bits per heavy atom. The van der Waals surface area contributed by atoms with Gasteiger partial charge in [-0.05, 0) is 49.1 Å². The molecule has 2 aliphatic rings. The summed E-state index contributed by atoms with van der Waals surface area (Å²) >= 11 is 0. The Kier molecular flexibility index (Phi) is 9.24. The van der Waals surface area contributed by atoms with Gasteiger partial charge in [0.1, 0.15) is 11.4 Å². The first-order valence-corrected chi connectivity index (χ1v) is 10.8. The molecular weight excluding hydrogens is 414 g/mol. The van der Waals surface area contributed by atoms with Gasteiger partial charge in [-0.2, -0.15) is 0 Å². The molecule has 0 bridgehead atoms. The fourth-order valence-corrected chi connectivity index (χ4v) is 3.77. The van der Waals surface area contributed by atoms with Crippen LogP contribution >= 0.6 is 0 Å². The number of nitrogens with one attached hydrogen (secondary N) is 1. The number of para-hydroxylation sites is 1. The van der Waals surface area contributed by atoms with Crippen molar-refractivity contribution in [2.24, 2.45) is 5.92 Å². The molecule has 1 heterocycles. The Balaban J connectivity index is 0.00000176. The molecule has 1 aromatic carbocycles. The second-order valence-corrected chi connectivity index (χ2v) is 7.16. The quantitative estimate of drug-likeness (QED) is 0.365. The molecule has 3 rings (SSSR count). The van der Waals surface area contributed by atoms with Gasteiger partial charge in [0, 0.05) is 26.6 Å². The number of amides is 1. The van der Waals surface area contributed by atoms with Gasteiger partial charge in [-0.15, -0.1) is 0 Å². The van der Waals surface area contributed by atoms with Crippen LogP contribution in [0.2, 0.25) is 0 Å². The zero-order valence-corrected chi connectivity index (χ0v) is 19.1. The van der Waals surface area contributed by atoms with Crippen LogP contribution in [0.5, 0.6) is 5.75 Å². The lowest BCUT2D eigenvalue weighted by Crippen LogP contribution is -2.28. The van der Waals surface area contributed by atoms with E-state index in [4.69, 9.17) is 4.74 Å². The van der Waals surface area contributed by atoms with Crippen molar-refractivity contribution in [3.8, 4) is 5.75 Å². The van der Waals surface area contributed by atoms with Gasteiger partial charge in [0.15, 0.2) is 0 Å². The molecule has 1 aromatic rings. The van der Waals surface area contributed by atoms with E-state index < -0.39 is 4.92 Å². The minimum atomic E-state index is -0.476. The third-order valence-electron chi connectivity index (χ3n) is 5.27. The topological polar surface area (TPSA) is 111 Å². The van der Waals surface area contributed by atoms with Crippen molar-refractivity contribution in [3.05, 3.63) is 51.8 Å². The highest BCUT2D eigenvalue weighted by atomic mass is 16.6. The molecule has 0 radical (unpaired) electrons. The number of likely N-dealkylation sites (tertiary alicyclic amines) is 1. The minimum absolute atomic E-state index is 0.0453. The molecule has 0 saturated carbocycles. The summed E-state index contributed by atoms with van der Waals surface area (Å²) in [5.74, 6) is 0.169. The number of carbonyl (C=O) groups excluding carboxylic acids is 2. The average Bonchev–Trinajstić information content (AvgIpc) is 2.96. The van der Waals surface area contributed by atoms with Crippen LogP contribution in [0.3, 0.4) is 0 Å². The number of carbonyl (C=O) groups is 2. The predicted molar refractivity (Wildman–Crippen MR) is 121 cm³/mol. The van der Waals surface area contributed by atoms with Crippen molar-refractivity contribution in [1.82, 2.24) is 4.90 Å². The largest absolute Gasteiger partial charge is 0.469 e. The summed E-state index contributed by atoms with van der Waals surface area (Å²) in [6.07, 6.45) is 5.76. The Morgan fingerprint density at radius 1 is 1.34 bits per heavy atom. The van der Waals surface area contributed by atoms with Gasteiger partial charge in [-0.1, -0.05) is 19.9 Å².